The van der Waals surface area contributed by atoms with Gasteiger partial charge in [-0.15, -0.1) is 6.58 Å². The van der Waals surface area contributed by atoms with Crippen molar-refractivity contribution in [2.45, 2.75) is 13.8 Å². The third-order valence-corrected chi connectivity index (χ3v) is 3.88. The third-order valence-electron chi connectivity index (χ3n) is 3.88. The van der Waals surface area contributed by atoms with Crippen molar-refractivity contribution >= 4 is 11.5 Å². The molecule has 1 N–H and O–H groups in total. The summed E-state index contributed by atoms with van der Waals surface area (Å²) in [5.74, 6) is 1.78. The fourth-order valence-corrected chi connectivity index (χ4v) is 2.48. The average Bonchev–Trinajstić information content (AvgIpc) is 2.99. The molecule has 118 valence electrons. The Balaban J connectivity index is 2.11. The number of rotatable bonds is 5. The maximum absolute atomic E-state index is 5.20. The van der Waals surface area contributed by atoms with E-state index >= 15 is 0 Å². The predicted molar refractivity (Wildman–Crippen MR) is 93.1 cm³/mol. The Labute approximate surface area is 135 Å². The number of hydrogen-bond acceptors (Lipinski definition) is 4. The van der Waals surface area contributed by atoms with Gasteiger partial charge in [0, 0.05) is 29.4 Å². The van der Waals surface area contributed by atoms with Gasteiger partial charge in [0.05, 0.1) is 12.8 Å². The van der Waals surface area contributed by atoms with Crippen LogP contribution in [0.25, 0.3) is 16.9 Å². The second-order valence-electron chi connectivity index (χ2n) is 5.37. The van der Waals surface area contributed by atoms with Gasteiger partial charge in [-0.1, -0.05) is 6.08 Å². The summed E-state index contributed by atoms with van der Waals surface area (Å²) in [6, 6.07) is 9.85. The van der Waals surface area contributed by atoms with Crippen molar-refractivity contribution in [1.29, 1.82) is 0 Å². The normalized spacial score (nSPS) is 10.7. The van der Waals surface area contributed by atoms with Crippen LogP contribution in [0.4, 0.5) is 5.82 Å². The summed E-state index contributed by atoms with van der Waals surface area (Å²) in [6.07, 6.45) is 1.83. The number of ether oxygens (including phenoxy) is 1. The minimum Gasteiger partial charge on any atom is -0.497 e. The monoisotopic (exact) mass is 308 g/mol. The highest BCUT2D eigenvalue weighted by Crippen LogP contribution is 2.25. The summed E-state index contributed by atoms with van der Waals surface area (Å²) in [6.45, 7) is 8.49. The van der Waals surface area contributed by atoms with Gasteiger partial charge in [0.25, 0.3) is 0 Å². The van der Waals surface area contributed by atoms with Gasteiger partial charge in [0.2, 0.25) is 0 Å². The second-order valence-corrected chi connectivity index (χ2v) is 5.37. The van der Waals surface area contributed by atoms with E-state index in [9.17, 15) is 0 Å². The van der Waals surface area contributed by atoms with Gasteiger partial charge in [-0.05, 0) is 38.1 Å². The number of nitrogens with zero attached hydrogens (tertiary/aromatic N) is 3. The van der Waals surface area contributed by atoms with Gasteiger partial charge >= 0.3 is 0 Å². The summed E-state index contributed by atoms with van der Waals surface area (Å²) < 4.78 is 7.05. The van der Waals surface area contributed by atoms with Crippen molar-refractivity contribution in [3.8, 4) is 17.0 Å². The maximum Gasteiger partial charge on any atom is 0.158 e. The van der Waals surface area contributed by atoms with Crippen molar-refractivity contribution in [3.63, 3.8) is 0 Å². The van der Waals surface area contributed by atoms with Crippen LogP contribution in [0.3, 0.4) is 0 Å². The summed E-state index contributed by atoms with van der Waals surface area (Å²) in [5, 5.41) is 8.06. The van der Waals surface area contributed by atoms with Crippen LogP contribution < -0.4 is 10.1 Å². The lowest BCUT2D eigenvalue weighted by molar-refractivity contribution is 0.415. The Hall–Kier alpha value is -2.82. The Morgan fingerprint density at radius 2 is 2.00 bits per heavy atom. The minimum atomic E-state index is 0.678. The minimum absolute atomic E-state index is 0.678. The lowest BCUT2D eigenvalue weighted by Crippen LogP contribution is -2.09. The van der Waals surface area contributed by atoms with E-state index in [1.54, 1.807) is 7.11 Å². The highest BCUT2D eigenvalue weighted by atomic mass is 16.5. The molecule has 0 atom stereocenters. The van der Waals surface area contributed by atoms with Crippen molar-refractivity contribution in [1.82, 2.24) is 14.6 Å². The van der Waals surface area contributed by atoms with Crippen LogP contribution in [-0.2, 0) is 0 Å². The molecule has 3 aromatic rings. The largest absolute Gasteiger partial charge is 0.497 e. The van der Waals surface area contributed by atoms with Crippen molar-refractivity contribution < 1.29 is 4.74 Å². The van der Waals surface area contributed by atoms with Gasteiger partial charge in [0.15, 0.2) is 5.65 Å². The molecule has 0 radical (unpaired) electrons. The molecule has 1 aromatic carbocycles. The van der Waals surface area contributed by atoms with E-state index in [1.165, 1.54) is 0 Å². The summed E-state index contributed by atoms with van der Waals surface area (Å²) in [5.41, 5.74) is 4.81. The molecular weight excluding hydrogens is 288 g/mol. The van der Waals surface area contributed by atoms with Crippen molar-refractivity contribution in [2.75, 3.05) is 19.0 Å². The smallest absolute Gasteiger partial charge is 0.158 e. The van der Waals surface area contributed by atoms with Crippen LogP contribution in [0.1, 0.15) is 11.3 Å². The fourth-order valence-electron chi connectivity index (χ4n) is 2.48. The average molecular weight is 308 g/mol. The third kappa shape index (κ3) is 2.77. The molecule has 0 saturated heterocycles. The number of benzene rings is 1. The molecule has 0 fully saturated rings. The van der Waals surface area contributed by atoms with E-state index < -0.39 is 0 Å². The molecule has 0 bridgehead atoms. The molecule has 3 rings (SSSR count). The van der Waals surface area contributed by atoms with Crippen LogP contribution in [0, 0.1) is 13.8 Å². The second kappa shape index (κ2) is 6.12. The molecule has 0 aliphatic rings. The van der Waals surface area contributed by atoms with Gasteiger partial charge in [-0.25, -0.2) is 4.98 Å². The zero-order valence-corrected chi connectivity index (χ0v) is 13.6. The number of fused-ring (bicyclic) bond motifs is 1. The van der Waals surface area contributed by atoms with Crippen LogP contribution in [-0.4, -0.2) is 28.3 Å². The van der Waals surface area contributed by atoms with Crippen LogP contribution in [0.2, 0.25) is 0 Å². The van der Waals surface area contributed by atoms with Crippen LogP contribution in [0.5, 0.6) is 5.75 Å². The first-order valence-electron chi connectivity index (χ1n) is 7.50. The van der Waals surface area contributed by atoms with E-state index in [2.05, 4.69) is 16.9 Å². The van der Waals surface area contributed by atoms with E-state index in [1.807, 2.05) is 54.8 Å². The summed E-state index contributed by atoms with van der Waals surface area (Å²) >= 11 is 0. The lowest BCUT2D eigenvalue weighted by atomic mass is 10.1. The first kappa shape index (κ1) is 15.1. The maximum atomic E-state index is 5.20. The zero-order chi connectivity index (χ0) is 16.4. The molecule has 0 spiro atoms. The standard InChI is InChI=1S/C18H20N4O/c1-5-10-19-18-12(2)13(3)20-17-11-16(21-22(17)18)14-6-8-15(23-4)9-7-14/h5-9,11,19H,1,10H2,2-4H3. The lowest BCUT2D eigenvalue weighted by Gasteiger charge is -2.11. The molecule has 5 heteroatoms. The van der Waals surface area contributed by atoms with Crippen molar-refractivity contribution in [3.05, 3.63) is 54.2 Å². The Kier molecular flexibility index (Phi) is 4.02. The first-order valence-corrected chi connectivity index (χ1v) is 7.50. The van der Waals surface area contributed by atoms with Gasteiger partial charge < -0.3 is 10.1 Å². The predicted octanol–water partition coefficient (Wildman–Crippen LogP) is 3.62. The molecule has 2 aromatic heterocycles. The highest BCUT2D eigenvalue weighted by Gasteiger charge is 2.13. The van der Waals surface area contributed by atoms with E-state index in [-0.39, 0.29) is 0 Å². The molecule has 23 heavy (non-hydrogen) atoms. The molecule has 0 aliphatic heterocycles. The Morgan fingerprint density at radius 3 is 2.65 bits per heavy atom. The van der Waals surface area contributed by atoms with E-state index in [0.29, 0.717) is 6.54 Å². The fraction of sp³-hybridized carbons (Fsp3) is 0.222. The molecule has 0 amide bonds. The zero-order valence-electron chi connectivity index (χ0n) is 13.6. The highest BCUT2D eigenvalue weighted by molar-refractivity contribution is 5.67. The van der Waals surface area contributed by atoms with Crippen LogP contribution >= 0.6 is 0 Å². The van der Waals surface area contributed by atoms with Crippen LogP contribution in [0.15, 0.2) is 43.0 Å². The van der Waals surface area contributed by atoms with Crippen molar-refractivity contribution in [2.24, 2.45) is 0 Å². The van der Waals surface area contributed by atoms with Gasteiger partial charge in [-0.3, -0.25) is 0 Å². The topological polar surface area (TPSA) is 51.5 Å². The first-order chi connectivity index (χ1) is 11.1. The Morgan fingerprint density at radius 1 is 1.26 bits per heavy atom. The molecule has 2 heterocycles. The number of hydrogen-bond donors (Lipinski definition) is 1. The van der Waals surface area contributed by atoms with Gasteiger partial charge in [0.1, 0.15) is 11.6 Å². The molecular formula is C18H20N4O. The molecule has 0 unspecified atom stereocenters. The SMILES string of the molecule is C=CCNc1c(C)c(C)nc2cc(-c3ccc(OC)cc3)nn12. The van der Waals surface area contributed by atoms with E-state index in [0.717, 1.165) is 39.7 Å². The van der Waals surface area contributed by atoms with E-state index in [4.69, 9.17) is 9.84 Å². The summed E-state index contributed by atoms with van der Waals surface area (Å²) in [7, 11) is 1.66. The molecule has 0 saturated carbocycles. The number of methoxy groups -OCH3 is 1. The number of aromatic nitrogens is 3. The summed E-state index contributed by atoms with van der Waals surface area (Å²) in [4.78, 5) is 4.63. The molecule has 0 aliphatic carbocycles. The quantitative estimate of drug-likeness (QED) is 0.731. The molecule has 5 nitrogen and oxygen atoms in total. The van der Waals surface area contributed by atoms with Gasteiger partial charge in [-0.2, -0.15) is 9.61 Å². The Bertz CT molecular complexity index is 850. The number of anilines is 1. The number of aryl methyl sites for hydroxylation is 1. The number of nitrogens with one attached hydrogen (secondary N) is 1.